The Bertz CT molecular complexity index is 848. The Morgan fingerprint density at radius 3 is 2.65 bits per heavy atom. The minimum atomic E-state index is -3.78. The van der Waals surface area contributed by atoms with Crippen molar-refractivity contribution in [2.75, 3.05) is 13.7 Å². The third kappa shape index (κ3) is 3.92. The smallest absolute Gasteiger partial charge is 0.241 e. The molecule has 140 valence electrons. The Morgan fingerprint density at radius 1 is 1.31 bits per heavy atom. The van der Waals surface area contributed by atoms with Gasteiger partial charge in [0.15, 0.2) is 0 Å². The number of amides is 1. The van der Waals surface area contributed by atoms with Gasteiger partial charge in [-0.15, -0.1) is 0 Å². The summed E-state index contributed by atoms with van der Waals surface area (Å²) < 4.78 is 32.6. The minimum absolute atomic E-state index is 0.0293. The Hall–Kier alpha value is -1.90. The summed E-state index contributed by atoms with van der Waals surface area (Å²) >= 11 is 1.60. The van der Waals surface area contributed by atoms with Crippen LogP contribution in [0.25, 0.3) is 0 Å². The van der Waals surface area contributed by atoms with Crippen LogP contribution in [0.1, 0.15) is 31.4 Å². The SMILES string of the molecule is COc1ccc(S(=O)(=O)N[C@H](C)C(=O)N2CCCC2c2ccsc2)cc1. The molecule has 8 heteroatoms. The number of hydrogen-bond donors (Lipinski definition) is 1. The molecule has 0 aliphatic carbocycles. The Morgan fingerprint density at radius 2 is 2.04 bits per heavy atom. The number of hydrogen-bond acceptors (Lipinski definition) is 5. The van der Waals surface area contributed by atoms with Crippen molar-refractivity contribution in [2.24, 2.45) is 0 Å². The van der Waals surface area contributed by atoms with Gasteiger partial charge in [-0.3, -0.25) is 4.79 Å². The molecule has 2 aromatic rings. The average Bonchev–Trinajstić information content (AvgIpc) is 3.31. The van der Waals surface area contributed by atoms with Crippen LogP contribution in [0.4, 0.5) is 0 Å². The first-order chi connectivity index (χ1) is 12.4. The number of methoxy groups -OCH3 is 1. The van der Waals surface area contributed by atoms with Gasteiger partial charge in [0, 0.05) is 6.54 Å². The second-order valence-electron chi connectivity index (χ2n) is 6.26. The van der Waals surface area contributed by atoms with E-state index in [1.165, 1.54) is 19.2 Å². The molecule has 1 saturated heterocycles. The van der Waals surface area contributed by atoms with Crippen molar-refractivity contribution in [3.8, 4) is 5.75 Å². The van der Waals surface area contributed by atoms with Crippen molar-refractivity contribution < 1.29 is 17.9 Å². The quantitative estimate of drug-likeness (QED) is 0.817. The summed E-state index contributed by atoms with van der Waals surface area (Å²) in [5.74, 6) is 0.375. The predicted octanol–water partition coefficient (Wildman–Crippen LogP) is 2.79. The Balaban J connectivity index is 1.71. The lowest BCUT2D eigenvalue weighted by molar-refractivity contribution is -0.133. The summed E-state index contributed by atoms with van der Waals surface area (Å²) in [6.45, 7) is 2.24. The molecule has 1 N–H and O–H groups in total. The molecule has 1 amide bonds. The van der Waals surface area contributed by atoms with Crippen molar-refractivity contribution in [1.29, 1.82) is 0 Å². The maximum Gasteiger partial charge on any atom is 0.241 e. The van der Waals surface area contributed by atoms with Gasteiger partial charge in [-0.2, -0.15) is 16.1 Å². The summed E-state index contributed by atoms with van der Waals surface area (Å²) in [6.07, 6.45) is 1.82. The van der Waals surface area contributed by atoms with E-state index in [1.807, 2.05) is 16.8 Å². The summed E-state index contributed by atoms with van der Waals surface area (Å²) in [5.41, 5.74) is 1.12. The van der Waals surface area contributed by atoms with E-state index >= 15 is 0 Å². The Labute approximate surface area is 157 Å². The van der Waals surface area contributed by atoms with Crippen molar-refractivity contribution in [2.45, 2.75) is 36.7 Å². The average molecular weight is 395 g/mol. The third-order valence-electron chi connectivity index (χ3n) is 4.54. The topological polar surface area (TPSA) is 75.7 Å². The molecule has 1 aliphatic heterocycles. The highest BCUT2D eigenvalue weighted by Crippen LogP contribution is 2.33. The number of likely N-dealkylation sites (tertiary alicyclic amines) is 1. The van der Waals surface area contributed by atoms with E-state index in [4.69, 9.17) is 4.74 Å². The molecule has 1 aromatic carbocycles. The van der Waals surface area contributed by atoms with E-state index in [0.717, 1.165) is 18.4 Å². The van der Waals surface area contributed by atoms with Crippen LogP contribution in [0.2, 0.25) is 0 Å². The number of benzene rings is 1. The number of nitrogens with one attached hydrogen (secondary N) is 1. The molecule has 1 fully saturated rings. The standard InChI is InChI=1S/C18H22N2O4S2/c1-13(19-26(22,23)16-7-5-15(24-2)6-8-16)18(21)20-10-3-4-17(20)14-9-11-25-12-14/h5-9,11-13,17,19H,3-4,10H2,1-2H3/t13-,17?/m1/s1. The van der Waals surface area contributed by atoms with Crippen LogP contribution in [-0.2, 0) is 14.8 Å². The number of carbonyl (C=O) groups is 1. The monoisotopic (exact) mass is 394 g/mol. The Kier molecular flexibility index (Phi) is 5.64. The lowest BCUT2D eigenvalue weighted by Crippen LogP contribution is -2.46. The summed E-state index contributed by atoms with van der Waals surface area (Å²) in [5, 5.41) is 4.04. The first-order valence-corrected chi connectivity index (χ1v) is 10.8. The van der Waals surface area contributed by atoms with E-state index < -0.39 is 16.1 Å². The predicted molar refractivity (Wildman–Crippen MR) is 101 cm³/mol. The summed E-state index contributed by atoms with van der Waals surface area (Å²) in [6, 6.07) is 7.29. The van der Waals surface area contributed by atoms with Crippen molar-refractivity contribution in [1.82, 2.24) is 9.62 Å². The van der Waals surface area contributed by atoms with Crippen molar-refractivity contribution in [3.63, 3.8) is 0 Å². The fourth-order valence-electron chi connectivity index (χ4n) is 3.20. The van der Waals surface area contributed by atoms with Crippen LogP contribution in [0.5, 0.6) is 5.75 Å². The van der Waals surface area contributed by atoms with Crippen molar-refractivity contribution >= 4 is 27.3 Å². The molecule has 3 rings (SSSR count). The minimum Gasteiger partial charge on any atom is -0.497 e. The van der Waals surface area contributed by atoms with Gasteiger partial charge >= 0.3 is 0 Å². The fourth-order valence-corrected chi connectivity index (χ4v) is 5.10. The van der Waals surface area contributed by atoms with Gasteiger partial charge in [0.25, 0.3) is 0 Å². The second-order valence-corrected chi connectivity index (χ2v) is 8.76. The molecule has 0 saturated carbocycles. The highest BCUT2D eigenvalue weighted by molar-refractivity contribution is 7.89. The van der Waals surface area contributed by atoms with Crippen LogP contribution in [0.15, 0.2) is 46.0 Å². The molecule has 1 aromatic heterocycles. The first-order valence-electron chi connectivity index (χ1n) is 8.41. The molecule has 26 heavy (non-hydrogen) atoms. The third-order valence-corrected chi connectivity index (χ3v) is 6.79. The maximum absolute atomic E-state index is 12.8. The van der Waals surface area contributed by atoms with Crippen LogP contribution >= 0.6 is 11.3 Å². The molecule has 2 atom stereocenters. The molecular weight excluding hydrogens is 372 g/mol. The van der Waals surface area contributed by atoms with Gasteiger partial charge in [0.05, 0.1) is 24.1 Å². The summed E-state index contributed by atoms with van der Waals surface area (Å²) in [7, 11) is -2.27. The molecule has 0 bridgehead atoms. The zero-order chi connectivity index (χ0) is 18.7. The van der Waals surface area contributed by atoms with Gasteiger partial charge in [-0.1, -0.05) is 0 Å². The van der Waals surface area contributed by atoms with Gasteiger partial charge in [-0.25, -0.2) is 8.42 Å². The van der Waals surface area contributed by atoms with Crippen LogP contribution in [0, 0.1) is 0 Å². The normalized spacial score (nSPS) is 18.7. The number of nitrogens with zero attached hydrogens (tertiary/aromatic N) is 1. The van der Waals surface area contributed by atoms with Gasteiger partial charge in [0.2, 0.25) is 15.9 Å². The fraction of sp³-hybridized carbons (Fsp3) is 0.389. The van der Waals surface area contributed by atoms with E-state index in [2.05, 4.69) is 4.72 Å². The number of sulfonamides is 1. The first kappa shape index (κ1) is 18.9. The molecule has 0 radical (unpaired) electrons. The number of carbonyl (C=O) groups excluding carboxylic acids is 1. The number of ether oxygens (including phenoxy) is 1. The highest BCUT2D eigenvalue weighted by atomic mass is 32.2. The zero-order valence-electron chi connectivity index (χ0n) is 14.7. The van der Waals surface area contributed by atoms with E-state index in [-0.39, 0.29) is 16.8 Å². The maximum atomic E-state index is 12.8. The lowest BCUT2D eigenvalue weighted by atomic mass is 10.1. The lowest BCUT2D eigenvalue weighted by Gasteiger charge is -2.27. The van der Waals surface area contributed by atoms with Crippen LogP contribution in [0.3, 0.4) is 0 Å². The zero-order valence-corrected chi connectivity index (χ0v) is 16.3. The molecular formula is C18H22N2O4S2. The number of thiophene rings is 1. The van der Waals surface area contributed by atoms with Crippen molar-refractivity contribution in [3.05, 3.63) is 46.7 Å². The van der Waals surface area contributed by atoms with Crippen LogP contribution < -0.4 is 9.46 Å². The van der Waals surface area contributed by atoms with E-state index in [1.54, 1.807) is 35.3 Å². The summed E-state index contributed by atoms with van der Waals surface area (Å²) in [4.78, 5) is 14.7. The van der Waals surface area contributed by atoms with E-state index in [0.29, 0.717) is 12.3 Å². The van der Waals surface area contributed by atoms with Gasteiger partial charge in [0.1, 0.15) is 5.75 Å². The molecule has 0 spiro atoms. The van der Waals surface area contributed by atoms with Gasteiger partial charge < -0.3 is 9.64 Å². The van der Waals surface area contributed by atoms with Gasteiger partial charge in [-0.05, 0) is 66.4 Å². The molecule has 1 unspecified atom stereocenters. The van der Waals surface area contributed by atoms with Crippen LogP contribution in [-0.4, -0.2) is 38.9 Å². The largest absolute Gasteiger partial charge is 0.497 e. The number of rotatable bonds is 6. The molecule has 6 nitrogen and oxygen atoms in total. The molecule has 2 heterocycles. The molecule has 1 aliphatic rings. The second kappa shape index (κ2) is 7.77. The highest BCUT2D eigenvalue weighted by Gasteiger charge is 2.34. The van der Waals surface area contributed by atoms with E-state index in [9.17, 15) is 13.2 Å².